The third-order valence-corrected chi connectivity index (χ3v) is 4.54. The number of hydrogen-bond donors (Lipinski definition) is 1. The number of hydrogen-bond acceptors (Lipinski definition) is 4. The number of nitrogens with one attached hydrogen (secondary N) is 1. The van der Waals surface area contributed by atoms with Crippen LogP contribution in [-0.2, 0) is 10.0 Å². The van der Waals surface area contributed by atoms with Gasteiger partial charge in [0.25, 0.3) is 15.7 Å². The highest BCUT2D eigenvalue weighted by atomic mass is 35.5. The number of benzene rings is 2. The minimum atomic E-state index is -3.91. The summed E-state index contributed by atoms with van der Waals surface area (Å²) >= 11 is 5.69. The Balaban J connectivity index is 2.47. The molecular formula is C13H11ClN2O4S. The fraction of sp³-hybridized carbons (Fsp3) is 0.0769. The SMILES string of the molecule is Cc1ccccc1S(=O)(=O)Nc1ccc(Cl)cc1[N+](=O)[O-]. The van der Waals surface area contributed by atoms with Gasteiger partial charge in [-0.05, 0) is 30.7 Å². The first kappa shape index (κ1) is 15.3. The number of sulfonamides is 1. The number of nitrogens with zero attached hydrogens (tertiary/aromatic N) is 1. The number of anilines is 1. The number of nitro benzene ring substituents is 1. The van der Waals surface area contributed by atoms with Crippen molar-refractivity contribution < 1.29 is 13.3 Å². The number of aryl methyl sites for hydroxylation is 1. The average Bonchev–Trinajstić information content (AvgIpc) is 2.40. The van der Waals surface area contributed by atoms with Gasteiger partial charge in [-0.3, -0.25) is 14.8 Å². The van der Waals surface area contributed by atoms with Gasteiger partial charge in [0.2, 0.25) is 0 Å². The third-order valence-electron chi connectivity index (χ3n) is 2.78. The molecule has 0 spiro atoms. The summed E-state index contributed by atoms with van der Waals surface area (Å²) in [6.07, 6.45) is 0. The van der Waals surface area contributed by atoms with Gasteiger partial charge in [-0.2, -0.15) is 0 Å². The molecule has 0 heterocycles. The van der Waals surface area contributed by atoms with Gasteiger partial charge >= 0.3 is 0 Å². The van der Waals surface area contributed by atoms with E-state index in [2.05, 4.69) is 4.72 Å². The maximum absolute atomic E-state index is 12.3. The van der Waals surface area contributed by atoms with E-state index in [0.717, 1.165) is 6.07 Å². The molecule has 0 bridgehead atoms. The number of nitro groups is 1. The number of halogens is 1. The van der Waals surface area contributed by atoms with Gasteiger partial charge in [-0.1, -0.05) is 29.8 Å². The quantitative estimate of drug-likeness (QED) is 0.689. The molecule has 0 saturated heterocycles. The lowest BCUT2D eigenvalue weighted by molar-refractivity contribution is -0.383. The van der Waals surface area contributed by atoms with Crippen LogP contribution in [0.1, 0.15) is 5.56 Å². The predicted octanol–water partition coefficient (Wildman–Crippen LogP) is 3.36. The minimum Gasteiger partial charge on any atom is -0.273 e. The zero-order valence-electron chi connectivity index (χ0n) is 10.9. The first-order valence-electron chi connectivity index (χ1n) is 5.83. The van der Waals surface area contributed by atoms with Gasteiger partial charge < -0.3 is 0 Å². The van der Waals surface area contributed by atoms with Crippen LogP contribution in [0.4, 0.5) is 11.4 Å². The Hall–Kier alpha value is -2.12. The summed E-state index contributed by atoms with van der Waals surface area (Å²) in [6, 6.07) is 10.1. The van der Waals surface area contributed by atoms with E-state index in [1.54, 1.807) is 25.1 Å². The molecule has 6 nitrogen and oxygen atoms in total. The molecule has 0 unspecified atom stereocenters. The van der Waals surface area contributed by atoms with E-state index in [1.807, 2.05) is 0 Å². The summed E-state index contributed by atoms with van der Waals surface area (Å²) < 4.78 is 26.9. The summed E-state index contributed by atoms with van der Waals surface area (Å²) in [4.78, 5) is 10.3. The molecule has 21 heavy (non-hydrogen) atoms. The van der Waals surface area contributed by atoms with Gasteiger partial charge in [0, 0.05) is 11.1 Å². The summed E-state index contributed by atoms with van der Waals surface area (Å²) in [5.74, 6) is 0. The third kappa shape index (κ3) is 3.32. The Labute approximate surface area is 126 Å². The van der Waals surface area contributed by atoms with Crippen molar-refractivity contribution in [3.63, 3.8) is 0 Å². The van der Waals surface area contributed by atoms with Crippen LogP contribution in [0.5, 0.6) is 0 Å². The minimum absolute atomic E-state index is 0.0641. The molecule has 0 aliphatic carbocycles. The molecule has 2 aromatic rings. The van der Waals surface area contributed by atoms with E-state index in [4.69, 9.17) is 11.6 Å². The highest BCUT2D eigenvalue weighted by molar-refractivity contribution is 7.92. The lowest BCUT2D eigenvalue weighted by Crippen LogP contribution is -2.15. The van der Waals surface area contributed by atoms with Crippen LogP contribution in [0.25, 0.3) is 0 Å². The van der Waals surface area contributed by atoms with Crippen molar-refractivity contribution in [2.75, 3.05) is 4.72 Å². The maximum Gasteiger partial charge on any atom is 0.294 e. The van der Waals surface area contributed by atoms with Crippen LogP contribution < -0.4 is 4.72 Å². The lowest BCUT2D eigenvalue weighted by atomic mass is 10.2. The molecule has 0 saturated carbocycles. The van der Waals surface area contributed by atoms with Gasteiger partial charge in [-0.25, -0.2) is 8.42 Å². The standard InChI is InChI=1S/C13H11ClN2O4S/c1-9-4-2-3-5-13(9)21(19,20)15-11-7-6-10(14)8-12(11)16(17)18/h2-8,15H,1H3. The first-order chi connectivity index (χ1) is 9.81. The maximum atomic E-state index is 12.3. The van der Waals surface area contributed by atoms with Crippen LogP contribution >= 0.6 is 11.6 Å². The summed E-state index contributed by atoms with van der Waals surface area (Å²) in [7, 11) is -3.91. The van der Waals surface area contributed by atoms with Crippen molar-refractivity contribution in [2.45, 2.75) is 11.8 Å². The van der Waals surface area contributed by atoms with Crippen molar-refractivity contribution in [3.05, 3.63) is 63.2 Å². The van der Waals surface area contributed by atoms with Crippen LogP contribution in [0.15, 0.2) is 47.4 Å². The fourth-order valence-electron chi connectivity index (χ4n) is 1.80. The largest absolute Gasteiger partial charge is 0.294 e. The van der Waals surface area contributed by atoms with Crippen molar-refractivity contribution >= 4 is 33.0 Å². The molecule has 8 heteroatoms. The zero-order chi connectivity index (χ0) is 15.6. The van der Waals surface area contributed by atoms with Gasteiger partial charge in [-0.15, -0.1) is 0 Å². The molecule has 0 radical (unpaired) electrons. The van der Waals surface area contributed by atoms with E-state index in [0.29, 0.717) is 5.56 Å². The van der Waals surface area contributed by atoms with Gasteiger partial charge in [0.15, 0.2) is 0 Å². The van der Waals surface area contributed by atoms with Crippen LogP contribution in [0, 0.1) is 17.0 Å². The van der Waals surface area contributed by atoms with E-state index >= 15 is 0 Å². The highest BCUT2D eigenvalue weighted by Gasteiger charge is 2.22. The zero-order valence-corrected chi connectivity index (χ0v) is 12.5. The normalized spacial score (nSPS) is 11.1. The smallest absolute Gasteiger partial charge is 0.273 e. The fourth-order valence-corrected chi connectivity index (χ4v) is 3.29. The second-order valence-electron chi connectivity index (χ2n) is 4.29. The Morgan fingerprint density at radius 2 is 1.86 bits per heavy atom. The molecule has 0 aliphatic rings. The van der Waals surface area contributed by atoms with Gasteiger partial charge in [0.05, 0.1) is 9.82 Å². The highest BCUT2D eigenvalue weighted by Crippen LogP contribution is 2.30. The van der Waals surface area contributed by atoms with Crippen molar-refractivity contribution in [3.8, 4) is 0 Å². The predicted molar refractivity (Wildman–Crippen MR) is 80.1 cm³/mol. The van der Waals surface area contributed by atoms with Gasteiger partial charge in [0.1, 0.15) is 5.69 Å². The van der Waals surface area contributed by atoms with Crippen LogP contribution in [-0.4, -0.2) is 13.3 Å². The van der Waals surface area contributed by atoms with Crippen molar-refractivity contribution in [1.82, 2.24) is 0 Å². The van der Waals surface area contributed by atoms with Crippen LogP contribution in [0.2, 0.25) is 5.02 Å². The Morgan fingerprint density at radius 1 is 1.19 bits per heavy atom. The molecule has 110 valence electrons. The molecule has 2 rings (SSSR count). The van der Waals surface area contributed by atoms with Crippen molar-refractivity contribution in [1.29, 1.82) is 0 Å². The van der Waals surface area contributed by atoms with E-state index in [1.165, 1.54) is 18.2 Å². The second kappa shape index (κ2) is 5.71. The molecule has 0 aliphatic heterocycles. The first-order valence-corrected chi connectivity index (χ1v) is 7.70. The molecule has 0 amide bonds. The molecule has 0 atom stereocenters. The number of rotatable bonds is 4. The molecular weight excluding hydrogens is 316 g/mol. The van der Waals surface area contributed by atoms with E-state index in [-0.39, 0.29) is 15.6 Å². The Bertz CT molecular complexity index is 806. The summed E-state index contributed by atoms with van der Waals surface area (Å²) in [5, 5.41) is 11.1. The van der Waals surface area contributed by atoms with E-state index < -0.39 is 20.6 Å². The lowest BCUT2D eigenvalue weighted by Gasteiger charge is -2.10. The van der Waals surface area contributed by atoms with E-state index in [9.17, 15) is 18.5 Å². The Kier molecular flexibility index (Phi) is 4.15. The molecule has 1 N–H and O–H groups in total. The molecule has 2 aromatic carbocycles. The summed E-state index contributed by atoms with van der Waals surface area (Å²) in [5.41, 5.74) is 0.00827. The monoisotopic (exact) mass is 326 g/mol. The van der Waals surface area contributed by atoms with Crippen LogP contribution in [0.3, 0.4) is 0 Å². The van der Waals surface area contributed by atoms with Crippen molar-refractivity contribution in [2.24, 2.45) is 0 Å². The summed E-state index contributed by atoms with van der Waals surface area (Å²) in [6.45, 7) is 1.64. The molecule has 0 fully saturated rings. The average molecular weight is 327 g/mol. The topological polar surface area (TPSA) is 89.3 Å². The molecule has 0 aromatic heterocycles. The second-order valence-corrected chi connectivity index (χ2v) is 6.38. The Morgan fingerprint density at radius 3 is 2.48 bits per heavy atom.